The first-order valence-electron chi connectivity index (χ1n) is 11.5. The van der Waals surface area contributed by atoms with Crippen molar-refractivity contribution >= 4 is 28.8 Å². The molecule has 0 radical (unpaired) electrons. The molecule has 3 aliphatic heterocycles. The molecule has 2 fully saturated rings. The number of hydrogen-bond donors (Lipinski definition) is 2. The van der Waals surface area contributed by atoms with Crippen molar-refractivity contribution in [1.82, 2.24) is 4.98 Å². The Bertz CT molecular complexity index is 949. The first-order valence-corrected chi connectivity index (χ1v) is 11.5. The van der Waals surface area contributed by atoms with Gasteiger partial charge in [0.15, 0.2) is 0 Å². The smallest absolute Gasteiger partial charge is 0.274 e. The molecule has 170 valence electrons. The van der Waals surface area contributed by atoms with Crippen molar-refractivity contribution in [3.8, 4) is 0 Å². The number of carbonyl (C=O) groups excluding carboxylic acids is 1. The Labute approximate surface area is 188 Å². The number of hydrogen-bond acceptors (Lipinski definition) is 7. The molecule has 2 unspecified atom stereocenters. The summed E-state index contributed by atoms with van der Waals surface area (Å²) < 4.78 is 11.0. The highest BCUT2D eigenvalue weighted by Gasteiger charge is 2.26. The molecule has 32 heavy (non-hydrogen) atoms. The Morgan fingerprint density at radius 2 is 1.69 bits per heavy atom. The van der Waals surface area contributed by atoms with Crippen LogP contribution in [0, 0.1) is 0 Å². The Kier molecular flexibility index (Phi) is 5.89. The van der Waals surface area contributed by atoms with Crippen LogP contribution < -0.4 is 20.4 Å². The van der Waals surface area contributed by atoms with E-state index in [1.165, 1.54) is 5.56 Å². The lowest BCUT2D eigenvalue weighted by Crippen LogP contribution is -2.38. The minimum Gasteiger partial charge on any atom is -0.382 e. The second kappa shape index (κ2) is 8.96. The zero-order valence-electron chi connectivity index (χ0n) is 18.8. The third kappa shape index (κ3) is 4.25. The fraction of sp³-hybridized carbons (Fsp3) is 0.500. The predicted octanol–water partition coefficient (Wildman–Crippen LogP) is 2.92. The molecule has 1 amide bonds. The first kappa shape index (κ1) is 21.0. The van der Waals surface area contributed by atoms with Crippen LogP contribution in [0.25, 0.3) is 0 Å². The van der Waals surface area contributed by atoms with Gasteiger partial charge in [-0.25, -0.2) is 4.98 Å². The Hall–Kier alpha value is -2.84. The van der Waals surface area contributed by atoms with Crippen molar-refractivity contribution in [2.24, 2.45) is 0 Å². The molecule has 1 aromatic heterocycles. The van der Waals surface area contributed by atoms with Gasteiger partial charge in [0.2, 0.25) is 0 Å². The molecule has 8 nitrogen and oxygen atoms in total. The predicted molar refractivity (Wildman–Crippen MR) is 126 cm³/mol. The van der Waals surface area contributed by atoms with Gasteiger partial charge in [0.1, 0.15) is 11.5 Å². The van der Waals surface area contributed by atoms with Crippen molar-refractivity contribution < 1.29 is 14.3 Å². The summed E-state index contributed by atoms with van der Waals surface area (Å²) in [5, 5.41) is 6.56. The SMILES string of the molecule is CC1Nc2ccc(NC(=O)c3cc(N4CCOCC4)cc(N4CCOCC4)n3)cc2C1C. The number of amides is 1. The highest BCUT2D eigenvalue weighted by molar-refractivity contribution is 6.04. The van der Waals surface area contributed by atoms with Crippen molar-refractivity contribution in [2.45, 2.75) is 25.8 Å². The lowest BCUT2D eigenvalue weighted by molar-refractivity contribution is 0.102. The number of morpholine rings is 2. The maximum absolute atomic E-state index is 13.3. The summed E-state index contributed by atoms with van der Waals surface area (Å²) in [4.78, 5) is 22.4. The largest absolute Gasteiger partial charge is 0.382 e. The number of nitrogens with one attached hydrogen (secondary N) is 2. The Balaban J connectivity index is 1.42. The maximum Gasteiger partial charge on any atom is 0.274 e. The summed E-state index contributed by atoms with van der Waals surface area (Å²) in [5.74, 6) is 1.03. The van der Waals surface area contributed by atoms with E-state index in [4.69, 9.17) is 14.5 Å². The quantitative estimate of drug-likeness (QED) is 0.761. The van der Waals surface area contributed by atoms with Gasteiger partial charge in [-0.3, -0.25) is 4.79 Å². The van der Waals surface area contributed by atoms with E-state index < -0.39 is 0 Å². The number of aromatic nitrogens is 1. The minimum atomic E-state index is -0.193. The summed E-state index contributed by atoms with van der Waals surface area (Å²) in [5.41, 5.74) is 4.61. The van der Waals surface area contributed by atoms with E-state index in [0.29, 0.717) is 44.1 Å². The lowest BCUT2D eigenvalue weighted by Gasteiger charge is -2.32. The molecular weight excluding hydrogens is 406 g/mol. The second-order valence-electron chi connectivity index (χ2n) is 8.75. The van der Waals surface area contributed by atoms with Gasteiger partial charge >= 0.3 is 0 Å². The molecule has 1 aromatic carbocycles. The number of benzene rings is 1. The number of anilines is 4. The van der Waals surface area contributed by atoms with Gasteiger partial charge < -0.3 is 29.9 Å². The molecule has 0 aliphatic carbocycles. The van der Waals surface area contributed by atoms with Crippen LogP contribution >= 0.6 is 0 Å². The molecule has 2 aromatic rings. The third-order valence-corrected chi connectivity index (χ3v) is 6.67. The van der Waals surface area contributed by atoms with Crippen LogP contribution in [0.3, 0.4) is 0 Å². The number of pyridine rings is 1. The summed E-state index contributed by atoms with van der Waals surface area (Å²) >= 11 is 0. The van der Waals surface area contributed by atoms with E-state index in [0.717, 1.165) is 49.1 Å². The molecule has 5 rings (SSSR count). The Morgan fingerprint density at radius 1 is 1.00 bits per heavy atom. The molecule has 2 N–H and O–H groups in total. The van der Waals surface area contributed by atoms with Crippen molar-refractivity contribution in [2.75, 3.05) is 73.0 Å². The van der Waals surface area contributed by atoms with Crippen molar-refractivity contribution in [1.29, 1.82) is 0 Å². The maximum atomic E-state index is 13.3. The number of nitrogens with zero attached hydrogens (tertiary/aromatic N) is 3. The number of ether oxygens (including phenoxy) is 2. The van der Waals surface area contributed by atoms with Crippen LogP contribution in [0.2, 0.25) is 0 Å². The van der Waals surface area contributed by atoms with Crippen LogP contribution in [0.4, 0.5) is 22.9 Å². The highest BCUT2D eigenvalue weighted by atomic mass is 16.5. The zero-order chi connectivity index (χ0) is 22.1. The molecule has 3 aliphatic rings. The van der Waals surface area contributed by atoms with E-state index in [1.54, 1.807) is 0 Å². The molecule has 0 bridgehead atoms. The van der Waals surface area contributed by atoms with Crippen molar-refractivity contribution in [3.63, 3.8) is 0 Å². The molecule has 8 heteroatoms. The van der Waals surface area contributed by atoms with Gasteiger partial charge in [-0.2, -0.15) is 0 Å². The minimum absolute atomic E-state index is 0.193. The fourth-order valence-electron chi connectivity index (χ4n) is 4.56. The van der Waals surface area contributed by atoms with Crippen LogP contribution in [-0.2, 0) is 9.47 Å². The van der Waals surface area contributed by atoms with E-state index in [-0.39, 0.29) is 5.91 Å². The van der Waals surface area contributed by atoms with E-state index in [1.807, 2.05) is 18.2 Å². The summed E-state index contributed by atoms with van der Waals surface area (Å²) in [6.45, 7) is 10.3. The van der Waals surface area contributed by atoms with Crippen LogP contribution in [0.1, 0.15) is 35.8 Å². The van der Waals surface area contributed by atoms with E-state index >= 15 is 0 Å². The Morgan fingerprint density at radius 3 is 2.41 bits per heavy atom. The first-order chi connectivity index (χ1) is 15.6. The topological polar surface area (TPSA) is 79.0 Å². The summed E-state index contributed by atoms with van der Waals surface area (Å²) in [6.07, 6.45) is 0. The van der Waals surface area contributed by atoms with E-state index in [2.05, 4.69) is 46.4 Å². The van der Waals surface area contributed by atoms with Gasteiger partial charge in [-0.05, 0) is 36.8 Å². The molecule has 0 saturated carbocycles. The molecule has 2 atom stereocenters. The third-order valence-electron chi connectivity index (χ3n) is 6.67. The standard InChI is InChI=1S/C24H31N5O3/c1-16-17(2)25-21-4-3-18(13-20(16)21)26-24(30)22-14-19(28-5-9-31-10-6-28)15-23(27-22)29-7-11-32-12-8-29/h3-4,13-17,25H,5-12H2,1-2H3,(H,26,30). The van der Waals surface area contributed by atoms with Crippen LogP contribution in [0.5, 0.6) is 0 Å². The van der Waals surface area contributed by atoms with Crippen molar-refractivity contribution in [3.05, 3.63) is 41.6 Å². The van der Waals surface area contributed by atoms with E-state index in [9.17, 15) is 4.79 Å². The lowest BCUT2D eigenvalue weighted by atomic mass is 9.98. The number of carbonyl (C=O) groups is 1. The summed E-state index contributed by atoms with van der Waals surface area (Å²) in [7, 11) is 0. The highest BCUT2D eigenvalue weighted by Crippen LogP contribution is 2.37. The molecule has 4 heterocycles. The normalized spacial score (nSPS) is 22.9. The average molecular weight is 438 g/mol. The zero-order valence-corrected chi connectivity index (χ0v) is 18.8. The van der Waals surface area contributed by atoms with Gasteiger partial charge in [0, 0.05) is 61.3 Å². The van der Waals surface area contributed by atoms with Crippen LogP contribution in [0.15, 0.2) is 30.3 Å². The van der Waals surface area contributed by atoms with Crippen LogP contribution in [-0.4, -0.2) is 69.5 Å². The fourth-order valence-corrected chi connectivity index (χ4v) is 4.56. The monoisotopic (exact) mass is 437 g/mol. The van der Waals surface area contributed by atoms with Gasteiger partial charge in [0.05, 0.1) is 26.4 Å². The molecular formula is C24H31N5O3. The van der Waals surface area contributed by atoms with Gasteiger partial charge in [-0.15, -0.1) is 0 Å². The number of fused-ring (bicyclic) bond motifs is 1. The summed E-state index contributed by atoms with van der Waals surface area (Å²) in [6, 6.07) is 10.4. The molecule has 2 saturated heterocycles. The second-order valence-corrected chi connectivity index (χ2v) is 8.75. The van der Waals surface area contributed by atoms with Gasteiger partial charge in [-0.1, -0.05) is 6.92 Å². The van der Waals surface area contributed by atoms with Gasteiger partial charge in [0.25, 0.3) is 5.91 Å². The number of rotatable bonds is 4. The average Bonchev–Trinajstić information content (AvgIpc) is 3.13. The molecule has 0 spiro atoms.